The topological polar surface area (TPSA) is 71.6 Å². The van der Waals surface area contributed by atoms with Crippen LogP contribution in [-0.4, -0.2) is 31.8 Å². The van der Waals surface area contributed by atoms with Gasteiger partial charge < -0.3 is 4.90 Å². The van der Waals surface area contributed by atoms with Crippen LogP contribution in [0.4, 0.5) is 5.69 Å². The van der Waals surface area contributed by atoms with Gasteiger partial charge in [-0.1, -0.05) is 36.9 Å². The number of aromatic nitrogens is 1. The highest BCUT2D eigenvalue weighted by molar-refractivity contribution is 8.14. The van der Waals surface area contributed by atoms with Gasteiger partial charge in [0.2, 0.25) is 0 Å². The number of nitro groups is 1. The van der Waals surface area contributed by atoms with E-state index in [0.717, 1.165) is 17.4 Å². The van der Waals surface area contributed by atoms with Crippen LogP contribution in [0.1, 0.15) is 30.3 Å². The second kappa shape index (κ2) is 5.90. The molecule has 1 aromatic carbocycles. The summed E-state index contributed by atoms with van der Waals surface area (Å²) < 4.78 is 0. The average molecular weight is 340 g/mol. The van der Waals surface area contributed by atoms with Crippen LogP contribution >= 0.6 is 11.8 Å². The van der Waals surface area contributed by atoms with Gasteiger partial charge in [-0.25, -0.2) is 0 Å². The molecule has 7 heteroatoms. The molecule has 3 heterocycles. The van der Waals surface area contributed by atoms with E-state index in [-0.39, 0.29) is 22.7 Å². The zero-order valence-electron chi connectivity index (χ0n) is 13.1. The molecule has 1 fully saturated rings. The van der Waals surface area contributed by atoms with Crippen molar-refractivity contribution >= 4 is 22.6 Å². The van der Waals surface area contributed by atoms with Gasteiger partial charge in [-0.3, -0.25) is 20.1 Å². The molecule has 0 N–H and O–H groups in total. The number of amidine groups is 1. The normalized spacial score (nSPS) is 25.5. The summed E-state index contributed by atoms with van der Waals surface area (Å²) >= 11 is 1.73. The fraction of sp³-hybridized carbons (Fsp3) is 0.294. The van der Waals surface area contributed by atoms with Crippen molar-refractivity contribution in [3.8, 4) is 0 Å². The molecule has 1 aromatic heterocycles. The number of fused-ring (bicyclic) bond motifs is 1. The minimum absolute atomic E-state index is 0.143. The van der Waals surface area contributed by atoms with Crippen LogP contribution in [0.25, 0.3) is 0 Å². The van der Waals surface area contributed by atoms with Gasteiger partial charge in [0, 0.05) is 24.1 Å². The highest BCUT2D eigenvalue weighted by Crippen LogP contribution is 2.49. The maximum Gasteiger partial charge on any atom is 0.274 e. The number of aliphatic imine (C=N–C) groups is 1. The Bertz CT molecular complexity index is 811. The zero-order chi connectivity index (χ0) is 16.7. The lowest BCUT2D eigenvalue weighted by Crippen LogP contribution is -2.29. The van der Waals surface area contributed by atoms with Crippen molar-refractivity contribution in [2.45, 2.75) is 24.3 Å². The zero-order valence-corrected chi connectivity index (χ0v) is 13.9. The first kappa shape index (κ1) is 15.1. The third kappa shape index (κ3) is 2.45. The first-order valence-electron chi connectivity index (χ1n) is 7.80. The van der Waals surface area contributed by atoms with Gasteiger partial charge in [-0.15, -0.1) is 0 Å². The Morgan fingerprint density at radius 3 is 2.79 bits per heavy atom. The molecule has 24 heavy (non-hydrogen) atoms. The van der Waals surface area contributed by atoms with Gasteiger partial charge in [0.15, 0.2) is 5.17 Å². The fourth-order valence-corrected chi connectivity index (χ4v) is 4.45. The summed E-state index contributed by atoms with van der Waals surface area (Å²) in [6.45, 7) is 2.99. The van der Waals surface area contributed by atoms with E-state index in [0.29, 0.717) is 10.8 Å². The number of pyridine rings is 1. The number of rotatable bonds is 3. The van der Waals surface area contributed by atoms with Gasteiger partial charge in [0.1, 0.15) is 6.04 Å². The average Bonchev–Trinajstić information content (AvgIpc) is 3.11. The maximum atomic E-state index is 11.5. The van der Waals surface area contributed by atoms with Crippen molar-refractivity contribution in [1.29, 1.82) is 0 Å². The minimum Gasteiger partial charge on any atom is -0.340 e. The molecule has 0 spiro atoms. The monoisotopic (exact) mass is 340 g/mol. The summed E-state index contributed by atoms with van der Waals surface area (Å²) in [6.07, 6.45) is 1.74. The molecule has 3 atom stereocenters. The standard InChI is InChI=1S/C17H16N4O2S/c1-11-10-20-16(12-6-2-3-8-14(12)21(22)23)15(19-17(20)24-11)13-7-4-5-9-18-13/h2-9,11,15-16H,10H2,1H3/t11-,15-,16+/m1/s1. The summed E-state index contributed by atoms with van der Waals surface area (Å²) in [5.41, 5.74) is 1.69. The smallest absolute Gasteiger partial charge is 0.274 e. The van der Waals surface area contributed by atoms with Crippen LogP contribution in [0.2, 0.25) is 0 Å². The summed E-state index contributed by atoms with van der Waals surface area (Å²) in [6, 6.07) is 12.3. The van der Waals surface area contributed by atoms with Crippen LogP contribution in [0.3, 0.4) is 0 Å². The van der Waals surface area contributed by atoms with Gasteiger partial charge in [0.25, 0.3) is 5.69 Å². The highest BCUT2D eigenvalue weighted by atomic mass is 32.2. The summed E-state index contributed by atoms with van der Waals surface area (Å²) in [7, 11) is 0. The van der Waals surface area contributed by atoms with E-state index in [1.807, 2.05) is 30.3 Å². The molecule has 4 rings (SSSR count). The lowest BCUT2D eigenvalue weighted by Gasteiger charge is -2.27. The fourth-order valence-electron chi connectivity index (χ4n) is 3.36. The number of nitro benzene ring substituents is 1. The van der Waals surface area contributed by atoms with Crippen LogP contribution in [0.15, 0.2) is 53.7 Å². The van der Waals surface area contributed by atoms with Crippen LogP contribution in [0, 0.1) is 10.1 Å². The Morgan fingerprint density at radius 2 is 2.04 bits per heavy atom. The molecule has 6 nitrogen and oxygen atoms in total. The van der Waals surface area contributed by atoms with E-state index in [1.165, 1.54) is 0 Å². The van der Waals surface area contributed by atoms with Gasteiger partial charge in [0.05, 0.1) is 22.2 Å². The Kier molecular flexibility index (Phi) is 3.72. The van der Waals surface area contributed by atoms with Crippen molar-refractivity contribution in [1.82, 2.24) is 9.88 Å². The Labute approximate surface area is 143 Å². The Balaban J connectivity index is 1.83. The third-order valence-corrected chi connectivity index (χ3v) is 5.44. The predicted molar refractivity (Wildman–Crippen MR) is 94.0 cm³/mol. The van der Waals surface area contributed by atoms with Crippen LogP contribution < -0.4 is 0 Å². The maximum absolute atomic E-state index is 11.5. The van der Waals surface area contributed by atoms with Gasteiger partial charge in [-0.05, 0) is 18.2 Å². The molecule has 0 bridgehead atoms. The van der Waals surface area contributed by atoms with Gasteiger partial charge >= 0.3 is 0 Å². The van der Waals surface area contributed by atoms with E-state index in [4.69, 9.17) is 4.99 Å². The Hall–Kier alpha value is -2.41. The molecule has 0 unspecified atom stereocenters. The first-order valence-corrected chi connectivity index (χ1v) is 8.68. The first-order chi connectivity index (χ1) is 11.6. The lowest BCUT2D eigenvalue weighted by atomic mass is 9.95. The SMILES string of the molecule is C[C@@H]1CN2C(=N[C@H](c3ccccn3)[C@@H]2c2ccccc2[N+](=O)[O-])S1. The van der Waals surface area contributed by atoms with Crippen LogP contribution in [-0.2, 0) is 0 Å². The van der Waals surface area contributed by atoms with Gasteiger partial charge in [-0.2, -0.15) is 0 Å². The largest absolute Gasteiger partial charge is 0.340 e. The van der Waals surface area contributed by atoms with E-state index in [9.17, 15) is 10.1 Å². The molecule has 0 aliphatic carbocycles. The predicted octanol–water partition coefficient (Wildman–Crippen LogP) is 3.58. The molecule has 0 saturated carbocycles. The Morgan fingerprint density at radius 1 is 1.25 bits per heavy atom. The van der Waals surface area contributed by atoms with Crippen molar-refractivity contribution in [3.05, 3.63) is 70.0 Å². The minimum atomic E-state index is -0.310. The molecule has 0 radical (unpaired) electrons. The number of thioether (sulfide) groups is 1. The molecule has 2 aliphatic rings. The number of hydrogen-bond donors (Lipinski definition) is 0. The second-order valence-corrected chi connectivity index (χ2v) is 7.36. The summed E-state index contributed by atoms with van der Waals surface area (Å²) in [5.74, 6) is 0. The number of nitrogens with zero attached hydrogens (tertiary/aromatic N) is 4. The highest BCUT2D eigenvalue weighted by Gasteiger charge is 2.45. The van der Waals surface area contributed by atoms with Crippen molar-refractivity contribution in [3.63, 3.8) is 0 Å². The number of para-hydroxylation sites is 1. The van der Waals surface area contributed by atoms with Crippen molar-refractivity contribution in [2.75, 3.05) is 6.54 Å². The molecule has 0 amide bonds. The van der Waals surface area contributed by atoms with E-state index in [1.54, 1.807) is 30.1 Å². The number of benzene rings is 1. The van der Waals surface area contributed by atoms with Crippen LogP contribution in [0.5, 0.6) is 0 Å². The lowest BCUT2D eigenvalue weighted by molar-refractivity contribution is -0.386. The van der Waals surface area contributed by atoms with E-state index < -0.39 is 0 Å². The molecular formula is C17H16N4O2S. The van der Waals surface area contributed by atoms with Crippen molar-refractivity contribution < 1.29 is 4.92 Å². The molecular weight excluding hydrogens is 324 g/mol. The second-order valence-electron chi connectivity index (χ2n) is 5.95. The van der Waals surface area contributed by atoms with E-state index >= 15 is 0 Å². The molecule has 2 aliphatic heterocycles. The molecule has 1 saturated heterocycles. The summed E-state index contributed by atoms with van der Waals surface area (Å²) in [5, 5.41) is 12.9. The summed E-state index contributed by atoms with van der Waals surface area (Å²) in [4.78, 5) is 22.7. The number of hydrogen-bond acceptors (Lipinski definition) is 6. The molecule has 2 aromatic rings. The third-order valence-electron chi connectivity index (χ3n) is 4.33. The quantitative estimate of drug-likeness (QED) is 0.631. The van der Waals surface area contributed by atoms with Crippen molar-refractivity contribution in [2.24, 2.45) is 4.99 Å². The van der Waals surface area contributed by atoms with E-state index in [2.05, 4.69) is 16.8 Å². The molecule has 122 valence electrons.